The highest BCUT2D eigenvalue weighted by Gasteiger charge is 2.25. The highest BCUT2D eigenvalue weighted by atomic mass is 19.3. The number of aliphatic imine (C=N–C) groups is 1. The minimum atomic E-state index is -2.98. The van der Waals surface area contributed by atoms with E-state index in [9.17, 15) is 13.6 Å². The van der Waals surface area contributed by atoms with Crippen LogP contribution in [0.4, 0.5) is 8.78 Å². The number of hydrogen-bond acceptors (Lipinski definition) is 6. The number of ether oxygens (including phenoxy) is 3. The maximum atomic E-state index is 12.4. The molecule has 0 fully saturated rings. The fourth-order valence-corrected chi connectivity index (χ4v) is 2.15. The molecule has 0 spiro atoms. The van der Waals surface area contributed by atoms with E-state index in [-0.39, 0.29) is 23.1 Å². The lowest BCUT2D eigenvalue weighted by atomic mass is 10.2. The van der Waals surface area contributed by atoms with Gasteiger partial charge in [-0.05, 0) is 35.9 Å². The van der Waals surface area contributed by atoms with Crippen LogP contribution in [-0.4, -0.2) is 30.6 Å². The molecule has 0 amide bonds. The van der Waals surface area contributed by atoms with Crippen molar-refractivity contribution in [2.24, 2.45) is 4.99 Å². The molecule has 0 bridgehead atoms. The molecular weight excluding hydrogens is 334 g/mol. The summed E-state index contributed by atoms with van der Waals surface area (Å²) >= 11 is 0. The van der Waals surface area contributed by atoms with Crippen molar-refractivity contribution < 1.29 is 27.8 Å². The van der Waals surface area contributed by atoms with Crippen molar-refractivity contribution in [3.63, 3.8) is 0 Å². The molecule has 25 heavy (non-hydrogen) atoms. The topological polar surface area (TPSA) is 70.0 Å². The van der Waals surface area contributed by atoms with Gasteiger partial charge in [-0.2, -0.15) is 8.78 Å². The number of methoxy groups -OCH3 is 1. The van der Waals surface area contributed by atoms with Crippen LogP contribution in [0.2, 0.25) is 0 Å². The lowest BCUT2D eigenvalue weighted by Gasteiger charge is -2.10. The van der Waals surface area contributed by atoms with E-state index >= 15 is 0 Å². The molecule has 0 unspecified atom stereocenters. The Bertz CT molecular complexity index is 851. The number of carbonyl (C=O) groups excluding carboxylic acids is 1. The van der Waals surface area contributed by atoms with E-state index in [1.165, 1.54) is 31.4 Å². The van der Waals surface area contributed by atoms with Crippen LogP contribution in [0.1, 0.15) is 11.1 Å². The standard InChI is InChI=1S/C17H12F2N2O4/c1-23-14-8-11(4-5-13(14)24-17(18)19)15-21-12(16(22)25-15)7-10-3-2-6-20-9-10/h2-9,17H,1H3/b12-7-. The Morgan fingerprint density at radius 1 is 1.24 bits per heavy atom. The van der Waals surface area contributed by atoms with Crippen LogP contribution < -0.4 is 9.47 Å². The van der Waals surface area contributed by atoms with Gasteiger partial charge in [0.1, 0.15) is 0 Å². The first-order valence-corrected chi connectivity index (χ1v) is 7.12. The lowest BCUT2D eigenvalue weighted by molar-refractivity contribution is -0.129. The zero-order valence-corrected chi connectivity index (χ0v) is 13.0. The van der Waals surface area contributed by atoms with Gasteiger partial charge in [0, 0.05) is 18.0 Å². The monoisotopic (exact) mass is 346 g/mol. The van der Waals surface area contributed by atoms with E-state index < -0.39 is 12.6 Å². The number of pyridine rings is 1. The van der Waals surface area contributed by atoms with Crippen LogP contribution >= 0.6 is 0 Å². The molecule has 1 aliphatic rings. The number of nitrogens with zero attached hydrogens (tertiary/aromatic N) is 2. The number of cyclic esters (lactones) is 1. The maximum Gasteiger partial charge on any atom is 0.387 e. The first-order valence-electron chi connectivity index (χ1n) is 7.12. The van der Waals surface area contributed by atoms with Crippen LogP contribution in [0.5, 0.6) is 11.5 Å². The predicted octanol–water partition coefficient (Wildman–Crippen LogP) is 3.04. The minimum absolute atomic E-state index is 0.0436. The van der Waals surface area contributed by atoms with E-state index in [0.717, 1.165) is 0 Å². The number of halogens is 2. The zero-order valence-electron chi connectivity index (χ0n) is 13.0. The average Bonchev–Trinajstić information content (AvgIpc) is 2.96. The Hall–Kier alpha value is -3.29. The number of hydrogen-bond donors (Lipinski definition) is 0. The minimum Gasteiger partial charge on any atom is -0.493 e. The SMILES string of the molecule is COc1cc(C2=N/C(=C\c3cccnc3)C(=O)O2)ccc1OC(F)F. The van der Waals surface area contributed by atoms with Crippen LogP contribution in [0.15, 0.2) is 53.4 Å². The molecule has 128 valence electrons. The molecule has 2 aromatic rings. The Balaban J connectivity index is 1.90. The maximum absolute atomic E-state index is 12.4. The van der Waals surface area contributed by atoms with Gasteiger partial charge in [-0.25, -0.2) is 9.79 Å². The van der Waals surface area contributed by atoms with Crippen molar-refractivity contribution in [2.75, 3.05) is 7.11 Å². The van der Waals surface area contributed by atoms with Gasteiger partial charge in [0.05, 0.1) is 7.11 Å². The van der Waals surface area contributed by atoms with Gasteiger partial charge in [0.25, 0.3) is 0 Å². The quantitative estimate of drug-likeness (QED) is 0.615. The van der Waals surface area contributed by atoms with E-state index in [1.807, 2.05) is 0 Å². The van der Waals surface area contributed by atoms with Gasteiger partial charge >= 0.3 is 12.6 Å². The molecule has 0 radical (unpaired) electrons. The van der Waals surface area contributed by atoms with Gasteiger partial charge < -0.3 is 14.2 Å². The second-order valence-electron chi connectivity index (χ2n) is 4.87. The highest BCUT2D eigenvalue weighted by molar-refractivity contribution is 6.13. The van der Waals surface area contributed by atoms with Crippen molar-refractivity contribution >= 4 is 17.9 Å². The molecule has 8 heteroatoms. The number of carbonyl (C=O) groups is 1. The van der Waals surface area contributed by atoms with E-state index in [4.69, 9.17) is 9.47 Å². The summed E-state index contributed by atoms with van der Waals surface area (Å²) in [5.74, 6) is -0.633. The predicted molar refractivity (Wildman–Crippen MR) is 84.5 cm³/mol. The molecule has 6 nitrogen and oxygen atoms in total. The fourth-order valence-electron chi connectivity index (χ4n) is 2.15. The number of rotatable bonds is 5. The third-order valence-electron chi connectivity index (χ3n) is 3.23. The van der Waals surface area contributed by atoms with Crippen LogP contribution in [0, 0.1) is 0 Å². The van der Waals surface area contributed by atoms with Gasteiger partial charge in [-0.1, -0.05) is 6.07 Å². The third kappa shape index (κ3) is 3.79. The summed E-state index contributed by atoms with van der Waals surface area (Å²) in [6, 6.07) is 7.62. The van der Waals surface area contributed by atoms with Gasteiger partial charge in [-0.15, -0.1) is 0 Å². The van der Waals surface area contributed by atoms with Crippen molar-refractivity contribution in [2.45, 2.75) is 6.61 Å². The molecule has 0 saturated heterocycles. The lowest BCUT2D eigenvalue weighted by Crippen LogP contribution is -2.07. The van der Waals surface area contributed by atoms with Crippen molar-refractivity contribution in [1.29, 1.82) is 0 Å². The third-order valence-corrected chi connectivity index (χ3v) is 3.23. The summed E-state index contributed by atoms with van der Waals surface area (Å²) in [6.45, 7) is -2.98. The fraction of sp³-hybridized carbons (Fsp3) is 0.118. The molecule has 0 saturated carbocycles. The van der Waals surface area contributed by atoms with Crippen molar-refractivity contribution in [1.82, 2.24) is 4.98 Å². The molecular formula is C17H12F2N2O4. The smallest absolute Gasteiger partial charge is 0.387 e. The summed E-state index contributed by atoms with van der Waals surface area (Å²) in [4.78, 5) is 20.0. The summed E-state index contributed by atoms with van der Waals surface area (Å²) in [5, 5.41) is 0. The second kappa shape index (κ2) is 7.08. The summed E-state index contributed by atoms with van der Waals surface area (Å²) in [5.41, 5.74) is 1.19. The molecule has 0 N–H and O–H groups in total. The molecule has 1 aliphatic heterocycles. The van der Waals surface area contributed by atoms with Crippen LogP contribution in [0.3, 0.4) is 0 Å². The van der Waals surface area contributed by atoms with Crippen LogP contribution in [0.25, 0.3) is 6.08 Å². The largest absolute Gasteiger partial charge is 0.493 e. The summed E-state index contributed by atoms with van der Waals surface area (Å²) in [6.07, 6.45) is 4.72. The summed E-state index contributed by atoms with van der Waals surface area (Å²) < 4.78 is 39.2. The Kier molecular flexibility index (Phi) is 4.69. The number of aromatic nitrogens is 1. The van der Waals surface area contributed by atoms with Crippen molar-refractivity contribution in [3.05, 3.63) is 59.5 Å². The first-order chi connectivity index (χ1) is 12.1. The van der Waals surface area contributed by atoms with Gasteiger partial charge in [0.15, 0.2) is 17.2 Å². The highest BCUT2D eigenvalue weighted by Crippen LogP contribution is 2.31. The molecule has 2 heterocycles. The van der Waals surface area contributed by atoms with E-state index in [2.05, 4.69) is 14.7 Å². The number of alkyl halides is 2. The molecule has 0 aliphatic carbocycles. The van der Waals surface area contributed by atoms with Crippen LogP contribution in [-0.2, 0) is 9.53 Å². The molecule has 3 rings (SSSR count). The molecule has 1 aromatic heterocycles. The second-order valence-corrected chi connectivity index (χ2v) is 4.87. The zero-order chi connectivity index (χ0) is 17.8. The van der Waals surface area contributed by atoms with Crippen molar-refractivity contribution in [3.8, 4) is 11.5 Å². The van der Waals surface area contributed by atoms with Gasteiger partial charge in [-0.3, -0.25) is 4.98 Å². The molecule has 1 aromatic carbocycles. The van der Waals surface area contributed by atoms with E-state index in [1.54, 1.807) is 24.5 Å². The Morgan fingerprint density at radius 3 is 2.76 bits per heavy atom. The average molecular weight is 346 g/mol. The Morgan fingerprint density at radius 2 is 2.08 bits per heavy atom. The van der Waals surface area contributed by atoms with E-state index in [0.29, 0.717) is 11.1 Å². The normalized spacial score (nSPS) is 15.3. The number of benzene rings is 1. The molecule has 0 atom stereocenters. The van der Waals surface area contributed by atoms with Gasteiger partial charge in [0.2, 0.25) is 5.90 Å². The first kappa shape index (κ1) is 16.6. The number of esters is 1. The summed E-state index contributed by atoms with van der Waals surface area (Å²) in [7, 11) is 1.31. The Labute approximate surface area is 141 Å².